The minimum atomic E-state index is -0.274. The van der Waals surface area contributed by atoms with Crippen LogP contribution in [0.5, 0.6) is 0 Å². The van der Waals surface area contributed by atoms with E-state index in [0.717, 1.165) is 72.7 Å². The maximum Gasteiger partial charge on any atom is 0.128 e. The second-order valence-electron chi connectivity index (χ2n) is 9.31. The Bertz CT molecular complexity index is 1130. The number of hydrogen-bond donors (Lipinski definition) is 3. The molecule has 5 rings (SSSR count). The van der Waals surface area contributed by atoms with Crippen LogP contribution in [0, 0.1) is 6.92 Å². The molecule has 0 bridgehead atoms. The molecule has 0 unspecified atom stereocenters. The first-order valence-electron chi connectivity index (χ1n) is 11.3. The van der Waals surface area contributed by atoms with Gasteiger partial charge in [0.05, 0.1) is 17.8 Å². The number of ether oxygens (including phenoxy) is 1. The van der Waals surface area contributed by atoms with Crippen molar-refractivity contribution in [3.8, 4) is 0 Å². The van der Waals surface area contributed by atoms with Crippen molar-refractivity contribution in [1.29, 1.82) is 0 Å². The van der Waals surface area contributed by atoms with Gasteiger partial charge in [0.2, 0.25) is 0 Å². The number of methoxy groups -OCH3 is 1. The monoisotopic (exact) mass is 452 g/mol. The topological polar surface area (TPSA) is 102 Å². The van der Waals surface area contributed by atoms with Gasteiger partial charge in [0, 0.05) is 54.4 Å². The molecule has 0 aromatic carbocycles. The van der Waals surface area contributed by atoms with Gasteiger partial charge in [-0.15, -0.1) is 11.3 Å². The first-order chi connectivity index (χ1) is 15.4. The molecule has 1 saturated heterocycles. The summed E-state index contributed by atoms with van der Waals surface area (Å²) in [6, 6.07) is 8.93. The summed E-state index contributed by atoms with van der Waals surface area (Å²) in [4.78, 5) is 14.1. The van der Waals surface area contributed by atoms with E-state index in [4.69, 9.17) is 21.2 Å². The molecule has 0 spiro atoms. The highest BCUT2D eigenvalue weighted by Gasteiger charge is 2.35. The second kappa shape index (κ2) is 8.59. The fourth-order valence-corrected chi connectivity index (χ4v) is 6.04. The molecule has 7 nitrogen and oxygen atoms in total. The van der Waals surface area contributed by atoms with E-state index in [1.165, 1.54) is 16.1 Å². The summed E-state index contributed by atoms with van der Waals surface area (Å²) in [6.07, 6.45) is 4.00. The highest BCUT2D eigenvalue weighted by molar-refractivity contribution is 7.19. The van der Waals surface area contributed by atoms with E-state index in [0.29, 0.717) is 12.6 Å². The fraction of sp³-hybridized carbons (Fsp3) is 0.500. The van der Waals surface area contributed by atoms with Crippen LogP contribution in [0.25, 0.3) is 10.2 Å². The third kappa shape index (κ3) is 4.20. The van der Waals surface area contributed by atoms with Crippen LogP contribution < -0.4 is 21.7 Å². The summed E-state index contributed by atoms with van der Waals surface area (Å²) < 4.78 is 5.31. The lowest BCUT2D eigenvalue weighted by molar-refractivity contribution is 0.142. The average molecular weight is 453 g/mol. The zero-order valence-electron chi connectivity index (χ0n) is 18.9. The second-order valence-corrected chi connectivity index (χ2v) is 10.4. The lowest BCUT2D eigenvalue weighted by Crippen LogP contribution is -2.46. The number of nitrogens with two attached hydrogens (primary N) is 2. The molecule has 0 saturated carbocycles. The quantitative estimate of drug-likeness (QED) is 0.528. The van der Waals surface area contributed by atoms with Crippen molar-refractivity contribution < 1.29 is 4.74 Å². The minimum Gasteiger partial charge on any atom is -0.397 e. The van der Waals surface area contributed by atoms with Crippen LogP contribution >= 0.6 is 11.3 Å². The van der Waals surface area contributed by atoms with Gasteiger partial charge in [0.25, 0.3) is 0 Å². The molecule has 0 amide bonds. The Morgan fingerprint density at radius 1 is 1.28 bits per heavy atom. The van der Waals surface area contributed by atoms with Crippen molar-refractivity contribution in [1.82, 2.24) is 15.3 Å². The van der Waals surface area contributed by atoms with Crippen molar-refractivity contribution in [2.75, 3.05) is 37.4 Å². The van der Waals surface area contributed by atoms with Gasteiger partial charge in [-0.2, -0.15) is 0 Å². The van der Waals surface area contributed by atoms with E-state index >= 15 is 0 Å². The van der Waals surface area contributed by atoms with Gasteiger partial charge in [-0.25, -0.2) is 9.97 Å². The molecule has 2 atom stereocenters. The molecule has 0 radical (unpaired) electrons. The molecule has 170 valence electrons. The van der Waals surface area contributed by atoms with Gasteiger partial charge < -0.3 is 26.4 Å². The molecule has 1 aliphatic carbocycles. The average Bonchev–Trinajstić information content (AvgIpc) is 3.31. The summed E-state index contributed by atoms with van der Waals surface area (Å²) in [5.41, 5.74) is 17.0. The van der Waals surface area contributed by atoms with Crippen LogP contribution in [0.3, 0.4) is 0 Å². The summed E-state index contributed by atoms with van der Waals surface area (Å²) in [5.74, 6) is 1.04. The number of nitrogen functional groups attached to an aromatic ring is 1. The highest BCUT2D eigenvalue weighted by Crippen LogP contribution is 2.33. The molecule has 2 aliphatic rings. The number of thiophene rings is 1. The smallest absolute Gasteiger partial charge is 0.128 e. The van der Waals surface area contributed by atoms with E-state index in [2.05, 4.69) is 33.4 Å². The number of nitrogens with zero attached hydrogens (tertiary/aromatic N) is 3. The summed E-state index contributed by atoms with van der Waals surface area (Å²) in [6.45, 7) is 5.11. The van der Waals surface area contributed by atoms with E-state index < -0.39 is 0 Å². The largest absolute Gasteiger partial charge is 0.397 e. The van der Waals surface area contributed by atoms with Crippen LogP contribution in [-0.2, 0) is 24.1 Å². The van der Waals surface area contributed by atoms with Gasteiger partial charge >= 0.3 is 0 Å². The molecule has 4 heterocycles. The Morgan fingerprint density at radius 3 is 3.00 bits per heavy atom. The van der Waals surface area contributed by atoms with Crippen molar-refractivity contribution >= 4 is 33.1 Å². The van der Waals surface area contributed by atoms with Crippen molar-refractivity contribution in [3.63, 3.8) is 0 Å². The van der Waals surface area contributed by atoms with Crippen molar-refractivity contribution in [2.45, 2.75) is 50.7 Å². The number of nitrogens with one attached hydrogen (secondary N) is 1. The van der Waals surface area contributed by atoms with Crippen LogP contribution in [0.4, 0.5) is 11.5 Å². The van der Waals surface area contributed by atoms with Gasteiger partial charge in [-0.3, -0.25) is 0 Å². The Morgan fingerprint density at radius 2 is 2.16 bits per heavy atom. The van der Waals surface area contributed by atoms with Crippen LogP contribution in [-0.4, -0.2) is 48.4 Å². The Labute approximate surface area is 193 Å². The SMILES string of the molecule is COC[C@]1(N)CCN(c2ccc3c(n2)CC[C@H](NCc2sc4nc(C)ccc4c2N)C3)C1. The highest BCUT2D eigenvalue weighted by atomic mass is 32.1. The molecular weight excluding hydrogens is 420 g/mol. The lowest BCUT2D eigenvalue weighted by atomic mass is 9.91. The summed E-state index contributed by atoms with van der Waals surface area (Å²) in [7, 11) is 1.71. The fourth-order valence-electron chi connectivity index (χ4n) is 4.95. The summed E-state index contributed by atoms with van der Waals surface area (Å²) >= 11 is 1.70. The molecule has 1 aliphatic heterocycles. The Kier molecular flexibility index (Phi) is 5.79. The first-order valence-corrected chi connectivity index (χ1v) is 12.2. The Hall–Kier alpha value is -2.26. The maximum atomic E-state index is 6.46. The minimum absolute atomic E-state index is 0.274. The number of pyridine rings is 2. The van der Waals surface area contributed by atoms with Crippen LogP contribution in [0.2, 0.25) is 0 Å². The third-order valence-corrected chi connectivity index (χ3v) is 7.87. The van der Waals surface area contributed by atoms with Gasteiger partial charge in [-0.05, 0) is 56.4 Å². The van der Waals surface area contributed by atoms with E-state index in [-0.39, 0.29) is 5.54 Å². The zero-order chi connectivity index (χ0) is 22.3. The van der Waals surface area contributed by atoms with Crippen LogP contribution in [0.1, 0.15) is 34.7 Å². The van der Waals surface area contributed by atoms with Gasteiger partial charge in [-0.1, -0.05) is 6.07 Å². The number of aromatic nitrogens is 2. The molecule has 3 aromatic heterocycles. The molecule has 3 aromatic rings. The van der Waals surface area contributed by atoms with Crippen LogP contribution in [0.15, 0.2) is 24.3 Å². The van der Waals surface area contributed by atoms with E-state index in [1.807, 2.05) is 13.0 Å². The van der Waals surface area contributed by atoms with Gasteiger partial charge in [0.1, 0.15) is 10.6 Å². The number of hydrogen-bond acceptors (Lipinski definition) is 8. The number of aryl methyl sites for hydroxylation is 2. The lowest BCUT2D eigenvalue weighted by Gasteiger charge is -2.27. The normalized spacial score (nSPS) is 23.1. The van der Waals surface area contributed by atoms with Crippen molar-refractivity contribution in [2.24, 2.45) is 5.73 Å². The molecular formula is C24H32N6OS. The third-order valence-electron chi connectivity index (χ3n) is 6.75. The number of anilines is 2. The van der Waals surface area contributed by atoms with Crippen molar-refractivity contribution in [3.05, 3.63) is 46.1 Å². The molecule has 8 heteroatoms. The first kappa shape index (κ1) is 21.6. The number of rotatable bonds is 6. The maximum absolute atomic E-state index is 6.46. The molecule has 5 N–H and O–H groups in total. The predicted octanol–water partition coefficient (Wildman–Crippen LogP) is 2.78. The standard InChI is InChI=1S/C24H32N6OS/c1-15-3-6-18-22(25)20(32-23(18)28-15)12-27-17-5-7-19-16(11-17)4-8-21(29-19)30-10-9-24(26,13-30)14-31-2/h3-4,6,8,17,27H,5,7,9-14,25-26H2,1-2H3/t17-,24-/m0/s1. The summed E-state index contributed by atoms with van der Waals surface area (Å²) in [5, 5.41) is 4.79. The molecule has 32 heavy (non-hydrogen) atoms. The van der Waals surface area contributed by atoms with E-state index in [9.17, 15) is 0 Å². The molecule has 1 fully saturated rings. The zero-order valence-corrected chi connectivity index (χ0v) is 19.7. The van der Waals surface area contributed by atoms with Gasteiger partial charge in [0.15, 0.2) is 0 Å². The Balaban J connectivity index is 1.23. The predicted molar refractivity (Wildman–Crippen MR) is 131 cm³/mol. The van der Waals surface area contributed by atoms with E-state index in [1.54, 1.807) is 18.4 Å². The number of fused-ring (bicyclic) bond motifs is 2.